The van der Waals surface area contributed by atoms with Crippen molar-refractivity contribution in [2.24, 2.45) is 0 Å². The van der Waals surface area contributed by atoms with Crippen molar-refractivity contribution >= 4 is 11.8 Å². The molecule has 0 bridgehead atoms. The third-order valence-electron chi connectivity index (χ3n) is 3.91. The lowest BCUT2D eigenvalue weighted by atomic mass is 9.98. The smallest absolute Gasteiger partial charge is 0.276 e. The summed E-state index contributed by atoms with van der Waals surface area (Å²) < 4.78 is 16.5. The molecule has 3 heterocycles. The number of aromatic nitrogens is 2. The van der Waals surface area contributed by atoms with Crippen LogP contribution in [-0.4, -0.2) is 30.1 Å². The number of hydrogen-bond acceptors (Lipinski definition) is 7. The number of fused-ring (bicyclic) bond motifs is 1. The quantitative estimate of drug-likeness (QED) is 0.868. The predicted octanol–water partition coefficient (Wildman–Crippen LogP) is 2.56. The standard InChI is InChI=1S/C15H17N3O3S/c1-2-12-13(20-9-19-12)7-10(1)8-22-15-18-17-14(21-15)11-3-5-16-6-4-11/h1-2,7,11,16H,3-6,8-9H2. The molecular formula is C15H17N3O3S. The molecule has 0 spiro atoms. The molecule has 2 aliphatic heterocycles. The number of ether oxygens (including phenoxy) is 2. The minimum absolute atomic E-state index is 0.301. The van der Waals surface area contributed by atoms with Gasteiger partial charge < -0.3 is 19.2 Å². The average molecular weight is 319 g/mol. The maximum Gasteiger partial charge on any atom is 0.276 e. The Kier molecular flexibility index (Phi) is 3.90. The van der Waals surface area contributed by atoms with Crippen LogP contribution in [-0.2, 0) is 5.75 Å². The fraction of sp³-hybridized carbons (Fsp3) is 0.467. The highest BCUT2D eigenvalue weighted by molar-refractivity contribution is 7.98. The average Bonchev–Trinajstić information content (AvgIpc) is 3.22. The molecule has 0 radical (unpaired) electrons. The van der Waals surface area contributed by atoms with Crippen LogP contribution in [0.4, 0.5) is 0 Å². The van der Waals surface area contributed by atoms with Gasteiger partial charge in [-0.25, -0.2) is 0 Å². The summed E-state index contributed by atoms with van der Waals surface area (Å²) >= 11 is 1.55. The van der Waals surface area contributed by atoms with Crippen molar-refractivity contribution in [1.29, 1.82) is 0 Å². The Morgan fingerprint density at radius 1 is 1.14 bits per heavy atom. The van der Waals surface area contributed by atoms with Gasteiger partial charge >= 0.3 is 0 Å². The van der Waals surface area contributed by atoms with Gasteiger partial charge in [0, 0.05) is 11.7 Å². The largest absolute Gasteiger partial charge is 0.454 e. The molecule has 0 unspecified atom stereocenters. The fourth-order valence-corrected chi connectivity index (χ4v) is 3.40. The second-order valence-electron chi connectivity index (χ2n) is 5.41. The lowest BCUT2D eigenvalue weighted by molar-refractivity contribution is 0.174. The summed E-state index contributed by atoms with van der Waals surface area (Å²) in [6.07, 6.45) is 2.13. The third-order valence-corrected chi connectivity index (χ3v) is 4.80. The highest BCUT2D eigenvalue weighted by Crippen LogP contribution is 2.34. The fourth-order valence-electron chi connectivity index (χ4n) is 2.69. The van der Waals surface area contributed by atoms with E-state index in [1.54, 1.807) is 11.8 Å². The van der Waals surface area contributed by atoms with E-state index in [0.717, 1.165) is 54.6 Å². The van der Waals surface area contributed by atoms with E-state index in [0.29, 0.717) is 17.9 Å². The molecule has 1 saturated heterocycles. The van der Waals surface area contributed by atoms with Gasteiger partial charge in [-0.15, -0.1) is 10.2 Å². The minimum Gasteiger partial charge on any atom is -0.454 e. The van der Waals surface area contributed by atoms with E-state index in [2.05, 4.69) is 15.5 Å². The van der Waals surface area contributed by atoms with Gasteiger partial charge in [0.1, 0.15) is 0 Å². The van der Waals surface area contributed by atoms with Crippen molar-refractivity contribution in [3.05, 3.63) is 29.7 Å². The van der Waals surface area contributed by atoms with Gasteiger partial charge in [0.15, 0.2) is 11.5 Å². The molecule has 1 aromatic heterocycles. The molecule has 0 saturated carbocycles. The molecule has 4 rings (SSSR count). The SMILES string of the molecule is c1cc2c(cc1CSc1nnc(C3CCNCC3)o1)OCO2. The monoisotopic (exact) mass is 319 g/mol. The summed E-state index contributed by atoms with van der Waals surface area (Å²) in [5.41, 5.74) is 1.15. The van der Waals surface area contributed by atoms with Crippen LogP contribution in [0.5, 0.6) is 11.5 Å². The highest BCUT2D eigenvalue weighted by atomic mass is 32.2. The Morgan fingerprint density at radius 2 is 2.00 bits per heavy atom. The van der Waals surface area contributed by atoms with Gasteiger partial charge in [-0.05, 0) is 43.6 Å². The Labute approximate surface area is 132 Å². The van der Waals surface area contributed by atoms with Gasteiger partial charge in [-0.3, -0.25) is 0 Å². The van der Waals surface area contributed by atoms with Crippen LogP contribution in [0.1, 0.15) is 30.2 Å². The van der Waals surface area contributed by atoms with Crippen molar-refractivity contribution in [2.45, 2.75) is 29.7 Å². The number of piperidine rings is 1. The first kappa shape index (κ1) is 13.9. The number of nitrogens with one attached hydrogen (secondary N) is 1. The second kappa shape index (κ2) is 6.18. The number of rotatable bonds is 4. The van der Waals surface area contributed by atoms with Gasteiger partial charge in [0.25, 0.3) is 5.22 Å². The van der Waals surface area contributed by atoms with Crippen LogP contribution in [0.25, 0.3) is 0 Å². The van der Waals surface area contributed by atoms with Crippen LogP contribution in [0.15, 0.2) is 27.8 Å². The van der Waals surface area contributed by atoms with E-state index in [1.807, 2.05) is 18.2 Å². The number of nitrogens with zero attached hydrogens (tertiary/aromatic N) is 2. The maximum absolute atomic E-state index is 5.79. The molecule has 1 aromatic carbocycles. The van der Waals surface area contributed by atoms with Crippen LogP contribution >= 0.6 is 11.8 Å². The molecule has 0 atom stereocenters. The molecule has 2 aliphatic rings. The molecule has 2 aromatic rings. The van der Waals surface area contributed by atoms with Crippen LogP contribution < -0.4 is 14.8 Å². The lowest BCUT2D eigenvalue weighted by Crippen LogP contribution is -2.26. The van der Waals surface area contributed by atoms with Crippen LogP contribution in [0.3, 0.4) is 0 Å². The number of benzene rings is 1. The summed E-state index contributed by atoms with van der Waals surface area (Å²) in [6.45, 7) is 2.34. The first-order valence-corrected chi connectivity index (χ1v) is 8.42. The van der Waals surface area contributed by atoms with E-state index >= 15 is 0 Å². The maximum atomic E-state index is 5.79. The van der Waals surface area contributed by atoms with Crippen molar-refractivity contribution in [3.63, 3.8) is 0 Å². The summed E-state index contributed by atoms with van der Waals surface area (Å²) in [5, 5.41) is 12.3. The minimum atomic E-state index is 0.301. The molecule has 7 heteroatoms. The van der Waals surface area contributed by atoms with E-state index in [1.165, 1.54) is 0 Å². The molecule has 0 amide bonds. The van der Waals surface area contributed by atoms with Crippen molar-refractivity contribution in [3.8, 4) is 11.5 Å². The molecular weight excluding hydrogens is 302 g/mol. The molecule has 116 valence electrons. The zero-order valence-corrected chi connectivity index (χ0v) is 12.9. The Hall–Kier alpha value is -1.73. The Morgan fingerprint density at radius 3 is 2.91 bits per heavy atom. The van der Waals surface area contributed by atoms with Crippen LogP contribution in [0.2, 0.25) is 0 Å². The summed E-state index contributed by atoms with van der Waals surface area (Å²) in [5.74, 6) is 3.55. The van der Waals surface area contributed by atoms with E-state index < -0.39 is 0 Å². The summed E-state index contributed by atoms with van der Waals surface area (Å²) in [6, 6.07) is 5.97. The predicted molar refractivity (Wildman–Crippen MR) is 81.3 cm³/mol. The molecule has 22 heavy (non-hydrogen) atoms. The highest BCUT2D eigenvalue weighted by Gasteiger charge is 2.21. The Bertz CT molecular complexity index is 655. The number of hydrogen-bond donors (Lipinski definition) is 1. The molecule has 0 aliphatic carbocycles. The zero-order valence-electron chi connectivity index (χ0n) is 12.1. The normalized spacial score (nSPS) is 17.8. The summed E-state index contributed by atoms with van der Waals surface area (Å²) in [4.78, 5) is 0. The van der Waals surface area contributed by atoms with Gasteiger partial charge in [-0.1, -0.05) is 17.8 Å². The number of thioether (sulfide) groups is 1. The van der Waals surface area contributed by atoms with Gasteiger partial charge in [0.2, 0.25) is 12.7 Å². The molecule has 1 fully saturated rings. The first-order chi connectivity index (χ1) is 10.9. The lowest BCUT2D eigenvalue weighted by Gasteiger charge is -2.18. The van der Waals surface area contributed by atoms with Gasteiger partial charge in [-0.2, -0.15) is 0 Å². The van der Waals surface area contributed by atoms with Crippen molar-refractivity contribution in [2.75, 3.05) is 19.9 Å². The second-order valence-corrected chi connectivity index (χ2v) is 6.33. The van der Waals surface area contributed by atoms with Crippen LogP contribution in [0, 0.1) is 0 Å². The van der Waals surface area contributed by atoms with Crippen molar-refractivity contribution in [1.82, 2.24) is 15.5 Å². The van der Waals surface area contributed by atoms with E-state index in [4.69, 9.17) is 13.9 Å². The van der Waals surface area contributed by atoms with E-state index in [9.17, 15) is 0 Å². The third kappa shape index (κ3) is 2.91. The molecule has 6 nitrogen and oxygen atoms in total. The topological polar surface area (TPSA) is 69.4 Å². The van der Waals surface area contributed by atoms with E-state index in [-0.39, 0.29) is 0 Å². The zero-order chi connectivity index (χ0) is 14.8. The molecule has 1 N–H and O–H groups in total. The summed E-state index contributed by atoms with van der Waals surface area (Å²) in [7, 11) is 0. The van der Waals surface area contributed by atoms with Gasteiger partial charge in [0.05, 0.1) is 0 Å². The first-order valence-electron chi connectivity index (χ1n) is 7.44. The van der Waals surface area contributed by atoms with Crippen molar-refractivity contribution < 1.29 is 13.9 Å². The Balaban J connectivity index is 1.38.